The normalized spacial score (nSPS) is 19.4. The Morgan fingerprint density at radius 3 is 2.86 bits per heavy atom. The predicted molar refractivity (Wildman–Crippen MR) is 54.3 cm³/mol. The Hall–Kier alpha value is -0.510. The van der Waals surface area contributed by atoms with Gasteiger partial charge >= 0.3 is 0 Å². The van der Waals surface area contributed by atoms with E-state index in [0.29, 0.717) is 16.7 Å². The molecule has 1 saturated carbocycles. The van der Waals surface area contributed by atoms with Crippen LogP contribution in [0.25, 0.3) is 0 Å². The van der Waals surface area contributed by atoms with Crippen LogP contribution in [0.2, 0.25) is 5.02 Å². The molecule has 1 heterocycles. The van der Waals surface area contributed by atoms with E-state index in [2.05, 4.69) is 0 Å². The summed E-state index contributed by atoms with van der Waals surface area (Å²) in [6.07, 6.45) is 3.52. The molecule has 1 aliphatic carbocycles. The zero-order valence-electron chi connectivity index (χ0n) is 7.87. The maximum absolute atomic E-state index is 8.87. The van der Waals surface area contributed by atoms with Crippen molar-refractivity contribution in [1.29, 1.82) is 0 Å². The monoisotopic (exact) mass is 215 g/mol. The fraction of sp³-hybridized carbons (Fsp3) is 0.600. The Morgan fingerprint density at radius 2 is 2.36 bits per heavy atom. The van der Waals surface area contributed by atoms with Gasteiger partial charge in [-0.1, -0.05) is 18.0 Å². The van der Waals surface area contributed by atoms with Gasteiger partial charge in [0.05, 0.1) is 17.7 Å². The maximum Gasteiger partial charge on any atom is 0.125 e. The van der Waals surface area contributed by atoms with Crippen molar-refractivity contribution in [1.82, 2.24) is 0 Å². The molecule has 1 fully saturated rings. The molecule has 0 amide bonds. The zero-order valence-corrected chi connectivity index (χ0v) is 8.63. The van der Waals surface area contributed by atoms with E-state index >= 15 is 0 Å². The standard InChI is InChI=1S/C10H14ClNO2/c11-7-4-9(8(12)5-13)14-10(7)6-2-1-3-6/h4,6,8,13H,1-3,5,12H2. The summed E-state index contributed by atoms with van der Waals surface area (Å²) in [6, 6.07) is 1.26. The molecule has 14 heavy (non-hydrogen) atoms. The molecule has 0 aromatic carbocycles. The van der Waals surface area contributed by atoms with Gasteiger partial charge in [-0.25, -0.2) is 0 Å². The SMILES string of the molecule is NC(CO)c1cc(Cl)c(C2CCC2)o1. The molecule has 1 unspecified atom stereocenters. The van der Waals surface area contributed by atoms with Crippen molar-refractivity contribution in [2.45, 2.75) is 31.2 Å². The second kappa shape index (κ2) is 3.93. The first-order valence-corrected chi connectivity index (χ1v) is 5.25. The van der Waals surface area contributed by atoms with Gasteiger partial charge in [0.25, 0.3) is 0 Å². The Morgan fingerprint density at radius 1 is 1.64 bits per heavy atom. The Labute approximate surface area is 87.8 Å². The lowest BCUT2D eigenvalue weighted by Crippen LogP contribution is -2.13. The summed E-state index contributed by atoms with van der Waals surface area (Å²) < 4.78 is 5.55. The van der Waals surface area contributed by atoms with Crippen LogP contribution in [0.4, 0.5) is 0 Å². The van der Waals surface area contributed by atoms with Crippen LogP contribution in [0, 0.1) is 0 Å². The van der Waals surface area contributed by atoms with Crippen molar-refractivity contribution in [2.24, 2.45) is 5.73 Å². The van der Waals surface area contributed by atoms with Crippen molar-refractivity contribution in [2.75, 3.05) is 6.61 Å². The number of halogens is 1. The lowest BCUT2D eigenvalue weighted by atomic mass is 9.84. The highest BCUT2D eigenvalue weighted by atomic mass is 35.5. The molecule has 0 radical (unpaired) electrons. The number of furan rings is 1. The molecular weight excluding hydrogens is 202 g/mol. The quantitative estimate of drug-likeness (QED) is 0.813. The average molecular weight is 216 g/mol. The topological polar surface area (TPSA) is 59.4 Å². The number of aliphatic hydroxyl groups excluding tert-OH is 1. The molecule has 3 N–H and O–H groups in total. The first-order chi connectivity index (χ1) is 6.72. The second-order valence-electron chi connectivity index (χ2n) is 3.78. The van der Waals surface area contributed by atoms with Crippen LogP contribution < -0.4 is 5.73 Å². The third kappa shape index (κ3) is 1.67. The van der Waals surface area contributed by atoms with Crippen molar-refractivity contribution >= 4 is 11.6 Å². The number of aliphatic hydroxyl groups is 1. The van der Waals surface area contributed by atoms with E-state index in [1.165, 1.54) is 6.42 Å². The van der Waals surface area contributed by atoms with Gasteiger partial charge < -0.3 is 15.3 Å². The largest absolute Gasteiger partial charge is 0.462 e. The number of hydrogen-bond donors (Lipinski definition) is 2. The molecule has 1 aliphatic rings. The highest BCUT2D eigenvalue weighted by Crippen LogP contribution is 2.41. The predicted octanol–water partition coefficient (Wildman–Crippen LogP) is 2.19. The summed E-state index contributed by atoms with van der Waals surface area (Å²) in [4.78, 5) is 0. The molecule has 1 atom stereocenters. The Balaban J connectivity index is 2.20. The van der Waals surface area contributed by atoms with Crippen molar-refractivity contribution in [3.8, 4) is 0 Å². The van der Waals surface area contributed by atoms with Gasteiger partial charge in [0.2, 0.25) is 0 Å². The van der Waals surface area contributed by atoms with Gasteiger partial charge in [0.1, 0.15) is 11.5 Å². The minimum atomic E-state index is -0.457. The highest BCUT2D eigenvalue weighted by Gasteiger charge is 2.26. The molecule has 2 rings (SSSR count). The van der Waals surface area contributed by atoms with Gasteiger partial charge in [-0.2, -0.15) is 0 Å². The van der Waals surface area contributed by atoms with Crippen LogP contribution in [0.1, 0.15) is 42.7 Å². The zero-order chi connectivity index (χ0) is 10.1. The molecular formula is C10H14ClNO2. The van der Waals surface area contributed by atoms with Crippen LogP contribution in [0.3, 0.4) is 0 Å². The van der Waals surface area contributed by atoms with E-state index < -0.39 is 6.04 Å². The van der Waals surface area contributed by atoms with Crippen LogP contribution in [-0.4, -0.2) is 11.7 Å². The third-order valence-electron chi connectivity index (χ3n) is 2.77. The van der Waals surface area contributed by atoms with Crippen LogP contribution >= 0.6 is 11.6 Å². The van der Waals surface area contributed by atoms with E-state index in [-0.39, 0.29) is 6.61 Å². The summed E-state index contributed by atoms with van der Waals surface area (Å²) in [6.45, 7) is -0.117. The van der Waals surface area contributed by atoms with Gasteiger partial charge in [-0.05, 0) is 12.8 Å². The number of nitrogens with two attached hydrogens (primary N) is 1. The molecule has 0 bridgehead atoms. The number of hydrogen-bond acceptors (Lipinski definition) is 3. The van der Waals surface area contributed by atoms with E-state index in [1.807, 2.05) is 0 Å². The van der Waals surface area contributed by atoms with Gasteiger partial charge in [-0.3, -0.25) is 0 Å². The first kappa shape index (κ1) is 10.0. The highest BCUT2D eigenvalue weighted by molar-refractivity contribution is 6.31. The molecule has 0 spiro atoms. The molecule has 0 aliphatic heterocycles. The van der Waals surface area contributed by atoms with E-state index in [4.69, 9.17) is 26.9 Å². The van der Waals surface area contributed by atoms with E-state index in [0.717, 1.165) is 18.6 Å². The molecule has 78 valence electrons. The summed E-state index contributed by atoms with van der Waals surface area (Å²) in [5, 5.41) is 9.52. The Kier molecular flexibility index (Phi) is 2.81. The maximum atomic E-state index is 8.87. The second-order valence-corrected chi connectivity index (χ2v) is 4.19. The smallest absolute Gasteiger partial charge is 0.125 e. The summed E-state index contributed by atoms with van der Waals surface area (Å²) in [7, 11) is 0. The molecule has 4 heteroatoms. The van der Waals surface area contributed by atoms with Gasteiger partial charge in [-0.15, -0.1) is 0 Å². The van der Waals surface area contributed by atoms with Gasteiger partial charge in [0, 0.05) is 12.0 Å². The fourth-order valence-corrected chi connectivity index (χ4v) is 1.92. The van der Waals surface area contributed by atoms with E-state index in [9.17, 15) is 0 Å². The summed E-state index contributed by atoms with van der Waals surface area (Å²) >= 11 is 6.02. The number of rotatable bonds is 3. The molecule has 0 saturated heterocycles. The van der Waals surface area contributed by atoms with Crippen LogP contribution in [0.5, 0.6) is 0 Å². The minimum absolute atomic E-state index is 0.117. The van der Waals surface area contributed by atoms with Crippen LogP contribution in [-0.2, 0) is 0 Å². The molecule has 1 aromatic rings. The molecule has 3 nitrogen and oxygen atoms in total. The van der Waals surface area contributed by atoms with E-state index in [1.54, 1.807) is 6.07 Å². The Bertz CT molecular complexity index is 320. The lowest BCUT2D eigenvalue weighted by molar-refractivity contribution is 0.244. The minimum Gasteiger partial charge on any atom is -0.462 e. The van der Waals surface area contributed by atoms with Crippen molar-refractivity contribution in [3.63, 3.8) is 0 Å². The van der Waals surface area contributed by atoms with Crippen molar-refractivity contribution in [3.05, 3.63) is 22.6 Å². The molecule has 1 aromatic heterocycles. The first-order valence-electron chi connectivity index (χ1n) is 4.88. The summed E-state index contributed by atoms with van der Waals surface area (Å²) in [5.41, 5.74) is 5.63. The lowest BCUT2D eigenvalue weighted by Gasteiger charge is -2.23. The summed E-state index contributed by atoms with van der Waals surface area (Å²) in [5.74, 6) is 1.89. The van der Waals surface area contributed by atoms with Gasteiger partial charge in [0.15, 0.2) is 0 Å². The van der Waals surface area contributed by atoms with Crippen molar-refractivity contribution < 1.29 is 9.52 Å². The fourth-order valence-electron chi connectivity index (χ4n) is 1.62. The average Bonchev–Trinajstić information content (AvgIpc) is 2.44. The van der Waals surface area contributed by atoms with Crippen LogP contribution in [0.15, 0.2) is 10.5 Å². The third-order valence-corrected chi connectivity index (χ3v) is 3.07.